The van der Waals surface area contributed by atoms with Crippen molar-refractivity contribution in [2.75, 3.05) is 33.9 Å². The number of nitrogens with zero attached hydrogens (tertiary/aromatic N) is 2. The second-order valence-electron chi connectivity index (χ2n) is 9.70. The van der Waals surface area contributed by atoms with Gasteiger partial charge >= 0.3 is 0 Å². The number of benzene rings is 2. The fourth-order valence-corrected chi connectivity index (χ4v) is 4.54. The fourth-order valence-electron chi connectivity index (χ4n) is 4.36. The number of methoxy groups -OCH3 is 1. The molecule has 0 saturated carbocycles. The number of likely N-dealkylation sites (tertiary alicyclic amines) is 1. The highest BCUT2D eigenvalue weighted by molar-refractivity contribution is 6.30. The minimum absolute atomic E-state index is 0.0267. The molecule has 1 fully saturated rings. The number of ether oxygens (including phenoxy) is 2. The van der Waals surface area contributed by atoms with Gasteiger partial charge in [-0.1, -0.05) is 48.0 Å². The van der Waals surface area contributed by atoms with Crippen LogP contribution in [0.2, 0.25) is 5.02 Å². The van der Waals surface area contributed by atoms with Gasteiger partial charge in [0, 0.05) is 50.7 Å². The van der Waals surface area contributed by atoms with Gasteiger partial charge in [0.25, 0.3) is 5.91 Å². The average Bonchev–Trinajstić information content (AvgIpc) is 2.83. The van der Waals surface area contributed by atoms with Gasteiger partial charge in [-0.3, -0.25) is 9.59 Å². The third kappa shape index (κ3) is 6.73. The third-order valence-corrected chi connectivity index (χ3v) is 6.76. The van der Waals surface area contributed by atoms with Crippen LogP contribution in [-0.2, 0) is 20.9 Å². The number of piperidine rings is 1. The maximum Gasteiger partial charge on any atom is 0.254 e. The predicted molar refractivity (Wildman–Crippen MR) is 134 cm³/mol. The first kappa shape index (κ1) is 26.0. The smallest absolute Gasteiger partial charge is 0.254 e. The molecule has 6 nitrogen and oxygen atoms in total. The molecule has 0 N–H and O–H groups in total. The van der Waals surface area contributed by atoms with E-state index >= 15 is 0 Å². The van der Waals surface area contributed by atoms with Crippen LogP contribution in [0.25, 0.3) is 0 Å². The number of rotatable bonds is 9. The lowest BCUT2D eigenvalue weighted by Crippen LogP contribution is -2.55. The largest absolute Gasteiger partial charge is 0.493 e. The lowest BCUT2D eigenvalue weighted by atomic mass is 9.77. The van der Waals surface area contributed by atoms with Gasteiger partial charge in [-0.25, -0.2) is 0 Å². The van der Waals surface area contributed by atoms with E-state index in [0.29, 0.717) is 37.0 Å². The van der Waals surface area contributed by atoms with Gasteiger partial charge in [-0.15, -0.1) is 0 Å². The van der Waals surface area contributed by atoms with E-state index in [-0.39, 0.29) is 18.2 Å². The van der Waals surface area contributed by atoms with Crippen molar-refractivity contribution < 1.29 is 19.1 Å². The van der Waals surface area contributed by atoms with E-state index in [4.69, 9.17) is 21.1 Å². The summed E-state index contributed by atoms with van der Waals surface area (Å²) in [7, 11) is 3.36. The van der Waals surface area contributed by atoms with E-state index in [1.54, 1.807) is 38.0 Å². The first-order valence-corrected chi connectivity index (χ1v) is 12.0. The van der Waals surface area contributed by atoms with Gasteiger partial charge in [-0.2, -0.15) is 0 Å². The molecule has 2 amide bonds. The molecule has 184 valence electrons. The Labute approximate surface area is 207 Å². The number of hydrogen-bond donors (Lipinski definition) is 0. The summed E-state index contributed by atoms with van der Waals surface area (Å²) in [4.78, 5) is 30.1. The molecule has 0 aromatic heterocycles. The maximum absolute atomic E-state index is 13.3. The fraction of sp³-hybridized carbons (Fsp3) is 0.481. The molecule has 2 aromatic rings. The minimum atomic E-state index is -0.926. The SMILES string of the molecule is COC(C)(C)C(=O)N1CCCC(COc2cccc(Cl)c2)(CC(=O)N(C)Cc2ccccc2)C1. The van der Waals surface area contributed by atoms with E-state index in [9.17, 15) is 9.59 Å². The molecule has 1 aliphatic rings. The number of hydrogen-bond acceptors (Lipinski definition) is 4. The summed E-state index contributed by atoms with van der Waals surface area (Å²) in [6.45, 7) is 5.46. The maximum atomic E-state index is 13.3. The van der Waals surface area contributed by atoms with Crippen LogP contribution in [0.5, 0.6) is 5.75 Å². The Bertz CT molecular complexity index is 982. The van der Waals surface area contributed by atoms with E-state index in [2.05, 4.69) is 0 Å². The molecular weight excluding hydrogens is 452 g/mol. The van der Waals surface area contributed by atoms with Gasteiger partial charge in [0.1, 0.15) is 11.4 Å². The summed E-state index contributed by atoms with van der Waals surface area (Å²) in [6, 6.07) is 17.2. The van der Waals surface area contributed by atoms with Crippen molar-refractivity contribution in [2.45, 2.75) is 45.3 Å². The number of carbonyl (C=O) groups is 2. The lowest BCUT2D eigenvalue weighted by molar-refractivity contribution is -0.156. The summed E-state index contributed by atoms with van der Waals surface area (Å²) in [5.74, 6) is 0.600. The van der Waals surface area contributed by atoms with E-state index in [1.165, 1.54) is 0 Å². The molecule has 1 unspecified atom stereocenters. The normalized spacial score (nSPS) is 18.4. The molecule has 0 spiro atoms. The predicted octanol–water partition coefficient (Wildman–Crippen LogP) is 4.80. The zero-order valence-electron chi connectivity index (χ0n) is 20.6. The van der Waals surface area contributed by atoms with Gasteiger partial charge in [0.2, 0.25) is 5.91 Å². The number of amides is 2. The van der Waals surface area contributed by atoms with Crippen molar-refractivity contribution in [1.82, 2.24) is 9.80 Å². The van der Waals surface area contributed by atoms with Crippen LogP contribution in [0.4, 0.5) is 0 Å². The Morgan fingerprint density at radius 1 is 1.15 bits per heavy atom. The van der Waals surface area contributed by atoms with Crippen molar-refractivity contribution in [3.05, 3.63) is 65.2 Å². The second kappa shape index (κ2) is 11.2. The van der Waals surface area contributed by atoms with Gasteiger partial charge in [-0.05, 0) is 50.5 Å². The van der Waals surface area contributed by atoms with Gasteiger partial charge in [0.05, 0.1) is 6.61 Å². The van der Waals surface area contributed by atoms with Crippen LogP contribution in [0.3, 0.4) is 0 Å². The molecule has 2 aromatic carbocycles. The first-order chi connectivity index (χ1) is 16.1. The molecule has 0 bridgehead atoms. The van der Waals surface area contributed by atoms with Gasteiger partial charge in [0.15, 0.2) is 0 Å². The van der Waals surface area contributed by atoms with Crippen LogP contribution in [-0.4, -0.2) is 61.1 Å². The Morgan fingerprint density at radius 2 is 1.88 bits per heavy atom. The molecule has 34 heavy (non-hydrogen) atoms. The zero-order chi connectivity index (χ0) is 24.8. The topological polar surface area (TPSA) is 59.1 Å². The quantitative estimate of drug-likeness (QED) is 0.510. The molecule has 1 aliphatic heterocycles. The van der Waals surface area contributed by atoms with Gasteiger partial charge < -0.3 is 19.3 Å². The van der Waals surface area contributed by atoms with Crippen molar-refractivity contribution in [3.8, 4) is 5.75 Å². The Balaban J connectivity index is 1.79. The Hall–Kier alpha value is -2.57. The molecular formula is C27H35ClN2O4. The molecule has 7 heteroatoms. The van der Waals surface area contributed by atoms with E-state index < -0.39 is 11.0 Å². The average molecular weight is 487 g/mol. The summed E-state index contributed by atoms with van der Waals surface area (Å²) < 4.78 is 11.6. The third-order valence-electron chi connectivity index (χ3n) is 6.53. The number of carbonyl (C=O) groups excluding carboxylic acids is 2. The van der Waals surface area contributed by atoms with Crippen molar-refractivity contribution >= 4 is 23.4 Å². The van der Waals surface area contributed by atoms with Crippen molar-refractivity contribution in [2.24, 2.45) is 5.41 Å². The summed E-state index contributed by atoms with van der Waals surface area (Å²) >= 11 is 6.13. The van der Waals surface area contributed by atoms with Crippen LogP contribution < -0.4 is 4.74 Å². The van der Waals surface area contributed by atoms with Crippen LogP contribution in [0.1, 0.15) is 38.7 Å². The van der Waals surface area contributed by atoms with Crippen LogP contribution >= 0.6 is 11.6 Å². The van der Waals surface area contributed by atoms with Crippen LogP contribution in [0.15, 0.2) is 54.6 Å². The van der Waals surface area contributed by atoms with E-state index in [1.807, 2.05) is 54.4 Å². The Kier molecular flexibility index (Phi) is 8.61. The second-order valence-corrected chi connectivity index (χ2v) is 10.1. The standard InChI is InChI=1S/C27H35ClN2O4/c1-26(2,33-4)25(32)30-15-9-14-27(19-30,20-34-23-13-8-12-22(28)16-23)17-24(31)29(3)18-21-10-6-5-7-11-21/h5-8,10-13,16H,9,14-15,17-20H2,1-4H3. The highest BCUT2D eigenvalue weighted by atomic mass is 35.5. The molecule has 1 heterocycles. The first-order valence-electron chi connectivity index (χ1n) is 11.6. The highest BCUT2D eigenvalue weighted by Gasteiger charge is 2.43. The van der Waals surface area contributed by atoms with E-state index in [0.717, 1.165) is 18.4 Å². The monoisotopic (exact) mass is 486 g/mol. The summed E-state index contributed by atoms with van der Waals surface area (Å²) in [5, 5.41) is 0.590. The Morgan fingerprint density at radius 3 is 2.56 bits per heavy atom. The molecule has 0 aliphatic carbocycles. The zero-order valence-corrected chi connectivity index (χ0v) is 21.3. The molecule has 1 saturated heterocycles. The lowest BCUT2D eigenvalue weighted by Gasteiger charge is -2.44. The molecule has 3 rings (SSSR count). The molecule has 1 atom stereocenters. The van der Waals surface area contributed by atoms with Crippen molar-refractivity contribution in [1.29, 1.82) is 0 Å². The van der Waals surface area contributed by atoms with Crippen molar-refractivity contribution in [3.63, 3.8) is 0 Å². The summed E-state index contributed by atoms with van der Waals surface area (Å²) in [5.41, 5.74) is -0.363. The van der Waals surface area contributed by atoms with Crippen LogP contribution in [0, 0.1) is 5.41 Å². The number of halogens is 1. The highest BCUT2D eigenvalue weighted by Crippen LogP contribution is 2.36. The minimum Gasteiger partial charge on any atom is -0.493 e. The summed E-state index contributed by atoms with van der Waals surface area (Å²) in [6.07, 6.45) is 1.86. The molecule has 0 radical (unpaired) electrons.